The summed E-state index contributed by atoms with van der Waals surface area (Å²) in [4.78, 5) is 10.9. The number of benzene rings is 1. The summed E-state index contributed by atoms with van der Waals surface area (Å²) in [5.41, 5.74) is 1.98. The fourth-order valence-corrected chi connectivity index (χ4v) is 2.13. The number of halogens is 1. The van der Waals surface area contributed by atoms with Crippen LogP contribution in [0.2, 0.25) is 0 Å². The molecule has 1 heterocycles. The molecule has 78 valence electrons. The number of fused-ring (bicyclic) bond motifs is 1. The third-order valence-corrected chi connectivity index (χ3v) is 3.01. The number of hydrogen-bond acceptors (Lipinski definition) is 2. The quantitative estimate of drug-likeness (QED) is 0.864. The van der Waals surface area contributed by atoms with Gasteiger partial charge in [0.25, 0.3) is 0 Å². The predicted molar refractivity (Wildman–Crippen MR) is 60.1 cm³/mol. The van der Waals surface area contributed by atoms with E-state index in [4.69, 9.17) is 5.11 Å². The van der Waals surface area contributed by atoms with Crippen molar-refractivity contribution in [2.24, 2.45) is 7.05 Å². The zero-order valence-corrected chi connectivity index (χ0v) is 9.87. The molecule has 4 nitrogen and oxygen atoms in total. The van der Waals surface area contributed by atoms with Crippen LogP contribution in [0.3, 0.4) is 0 Å². The molecule has 0 atom stereocenters. The summed E-state index contributed by atoms with van der Waals surface area (Å²) in [6.07, 6.45) is 0. The van der Waals surface area contributed by atoms with Crippen molar-refractivity contribution in [2.75, 3.05) is 0 Å². The van der Waals surface area contributed by atoms with Gasteiger partial charge in [-0.05, 0) is 35.0 Å². The van der Waals surface area contributed by atoms with E-state index in [0.717, 1.165) is 16.6 Å². The SMILES string of the molecule is Cc1nn(C)c2cc(C(=O)O)c(Br)cc12. The standard InChI is InChI=1S/C10H9BrN2O2/c1-5-6-3-8(11)7(10(14)15)4-9(6)13(2)12-5/h3-4H,1-2H3,(H,14,15). The van der Waals surface area contributed by atoms with Crippen molar-refractivity contribution >= 4 is 32.8 Å². The van der Waals surface area contributed by atoms with E-state index in [1.807, 2.05) is 6.92 Å². The molecule has 5 heteroatoms. The molecule has 0 unspecified atom stereocenters. The molecule has 0 bridgehead atoms. The Morgan fingerprint density at radius 2 is 2.20 bits per heavy atom. The molecule has 1 N–H and O–H groups in total. The lowest BCUT2D eigenvalue weighted by molar-refractivity contribution is 0.0696. The first-order valence-electron chi connectivity index (χ1n) is 4.37. The Balaban J connectivity index is 2.85. The van der Waals surface area contributed by atoms with E-state index in [-0.39, 0.29) is 5.56 Å². The Morgan fingerprint density at radius 1 is 1.53 bits per heavy atom. The van der Waals surface area contributed by atoms with E-state index in [2.05, 4.69) is 21.0 Å². The molecule has 0 saturated heterocycles. The van der Waals surface area contributed by atoms with Crippen LogP contribution in [0.25, 0.3) is 10.9 Å². The predicted octanol–water partition coefficient (Wildman–Crippen LogP) is 2.34. The van der Waals surface area contributed by atoms with Crippen molar-refractivity contribution in [3.05, 3.63) is 27.9 Å². The number of aromatic nitrogens is 2. The fraction of sp³-hybridized carbons (Fsp3) is 0.200. The molecule has 1 aromatic carbocycles. The molecule has 0 spiro atoms. The highest BCUT2D eigenvalue weighted by molar-refractivity contribution is 9.10. The van der Waals surface area contributed by atoms with Crippen molar-refractivity contribution in [1.82, 2.24) is 9.78 Å². The van der Waals surface area contributed by atoms with Gasteiger partial charge < -0.3 is 5.11 Å². The molecule has 2 aromatic rings. The maximum Gasteiger partial charge on any atom is 0.336 e. The number of aromatic carboxylic acids is 1. The molecule has 0 saturated carbocycles. The van der Waals surface area contributed by atoms with Crippen LogP contribution in [0.5, 0.6) is 0 Å². The first-order valence-corrected chi connectivity index (χ1v) is 5.16. The van der Waals surface area contributed by atoms with Crippen LogP contribution in [0, 0.1) is 6.92 Å². The largest absolute Gasteiger partial charge is 0.478 e. The highest BCUT2D eigenvalue weighted by atomic mass is 79.9. The summed E-state index contributed by atoms with van der Waals surface area (Å²) in [7, 11) is 1.80. The Hall–Kier alpha value is -1.36. The first-order chi connectivity index (χ1) is 7.00. The second kappa shape index (κ2) is 3.34. The molecule has 0 amide bonds. The highest BCUT2D eigenvalue weighted by Gasteiger charge is 2.13. The number of carbonyl (C=O) groups is 1. The number of rotatable bonds is 1. The first kappa shape index (κ1) is 10.2. The van der Waals surface area contributed by atoms with Crippen LogP contribution < -0.4 is 0 Å². The van der Waals surface area contributed by atoms with Gasteiger partial charge in [0.2, 0.25) is 0 Å². The monoisotopic (exact) mass is 268 g/mol. The number of carboxylic acid groups (broad SMARTS) is 1. The topological polar surface area (TPSA) is 55.1 Å². The van der Waals surface area contributed by atoms with Crippen molar-refractivity contribution in [1.29, 1.82) is 0 Å². The maximum atomic E-state index is 10.9. The third-order valence-electron chi connectivity index (χ3n) is 2.35. The van der Waals surface area contributed by atoms with E-state index < -0.39 is 5.97 Å². The van der Waals surface area contributed by atoms with E-state index in [0.29, 0.717) is 4.47 Å². The summed E-state index contributed by atoms with van der Waals surface area (Å²) in [6.45, 7) is 1.90. The zero-order valence-electron chi connectivity index (χ0n) is 8.28. The minimum Gasteiger partial charge on any atom is -0.478 e. The zero-order chi connectivity index (χ0) is 11.2. The van der Waals surface area contributed by atoms with E-state index in [1.54, 1.807) is 23.9 Å². The second-order valence-corrected chi connectivity index (χ2v) is 4.22. The molecule has 0 radical (unpaired) electrons. The second-order valence-electron chi connectivity index (χ2n) is 3.36. The molecule has 0 aliphatic carbocycles. The number of carboxylic acids is 1. The van der Waals surface area contributed by atoms with Gasteiger partial charge in [0.05, 0.1) is 16.8 Å². The molecule has 2 rings (SSSR count). The van der Waals surface area contributed by atoms with Crippen LogP contribution in [0.1, 0.15) is 16.1 Å². The van der Waals surface area contributed by atoms with Gasteiger partial charge in [0.1, 0.15) is 0 Å². The molecule has 0 fully saturated rings. The molecule has 0 aliphatic heterocycles. The minimum atomic E-state index is -0.942. The lowest BCUT2D eigenvalue weighted by Gasteiger charge is -2.00. The fourth-order valence-electron chi connectivity index (χ4n) is 1.62. The Morgan fingerprint density at radius 3 is 2.80 bits per heavy atom. The van der Waals surface area contributed by atoms with Crippen LogP contribution in [-0.2, 0) is 7.05 Å². The van der Waals surface area contributed by atoms with Gasteiger partial charge in [-0.3, -0.25) is 4.68 Å². The number of nitrogens with zero attached hydrogens (tertiary/aromatic N) is 2. The number of aryl methyl sites for hydroxylation is 2. The van der Waals surface area contributed by atoms with Crippen LogP contribution in [0.4, 0.5) is 0 Å². The number of hydrogen-bond donors (Lipinski definition) is 1. The maximum absolute atomic E-state index is 10.9. The van der Waals surface area contributed by atoms with E-state index in [1.165, 1.54) is 0 Å². The van der Waals surface area contributed by atoms with Gasteiger partial charge in [-0.2, -0.15) is 5.10 Å². The summed E-state index contributed by atoms with van der Waals surface area (Å²) < 4.78 is 2.27. The van der Waals surface area contributed by atoms with Gasteiger partial charge in [0.15, 0.2) is 0 Å². The van der Waals surface area contributed by atoms with Crippen molar-refractivity contribution in [3.63, 3.8) is 0 Å². The minimum absolute atomic E-state index is 0.255. The molecule has 1 aromatic heterocycles. The normalized spacial score (nSPS) is 10.9. The Labute approximate surface area is 94.6 Å². The van der Waals surface area contributed by atoms with Crippen LogP contribution in [-0.4, -0.2) is 20.9 Å². The summed E-state index contributed by atoms with van der Waals surface area (Å²) in [5, 5.41) is 14.2. The summed E-state index contributed by atoms with van der Waals surface area (Å²) >= 11 is 3.24. The third kappa shape index (κ3) is 1.52. The average molecular weight is 269 g/mol. The van der Waals surface area contributed by atoms with Gasteiger partial charge in [-0.1, -0.05) is 0 Å². The van der Waals surface area contributed by atoms with Gasteiger partial charge in [-0.25, -0.2) is 4.79 Å². The van der Waals surface area contributed by atoms with Gasteiger partial charge in [0, 0.05) is 16.9 Å². The lowest BCUT2D eigenvalue weighted by Crippen LogP contribution is -1.98. The van der Waals surface area contributed by atoms with E-state index in [9.17, 15) is 4.79 Å². The van der Waals surface area contributed by atoms with Gasteiger partial charge >= 0.3 is 5.97 Å². The van der Waals surface area contributed by atoms with Crippen molar-refractivity contribution < 1.29 is 9.90 Å². The Bertz CT molecular complexity index is 560. The smallest absolute Gasteiger partial charge is 0.336 e. The van der Waals surface area contributed by atoms with Crippen LogP contribution in [0.15, 0.2) is 16.6 Å². The molecular weight excluding hydrogens is 260 g/mol. The molecule has 0 aliphatic rings. The lowest BCUT2D eigenvalue weighted by atomic mass is 10.1. The molecule has 15 heavy (non-hydrogen) atoms. The van der Waals surface area contributed by atoms with Gasteiger partial charge in [-0.15, -0.1) is 0 Å². The Kier molecular flexibility index (Phi) is 2.26. The highest BCUT2D eigenvalue weighted by Crippen LogP contribution is 2.26. The summed E-state index contributed by atoms with van der Waals surface area (Å²) in [6, 6.07) is 3.42. The summed E-state index contributed by atoms with van der Waals surface area (Å²) in [5.74, 6) is -0.942. The average Bonchev–Trinajstić information content (AvgIpc) is 2.41. The van der Waals surface area contributed by atoms with Crippen molar-refractivity contribution in [3.8, 4) is 0 Å². The van der Waals surface area contributed by atoms with Crippen molar-refractivity contribution in [2.45, 2.75) is 6.92 Å². The van der Waals surface area contributed by atoms with Crippen LogP contribution >= 0.6 is 15.9 Å². The molecular formula is C10H9BrN2O2. The van der Waals surface area contributed by atoms with E-state index >= 15 is 0 Å².